The SMILES string of the molecule is CCCOc1nc2ccccc2nc1N1CCC(C(=O)Nc2ccc(C(N)=O)cc2)CC1. The van der Waals surface area contributed by atoms with E-state index < -0.39 is 5.91 Å². The van der Waals surface area contributed by atoms with Gasteiger partial charge in [0.1, 0.15) is 0 Å². The first-order chi connectivity index (χ1) is 15.5. The van der Waals surface area contributed by atoms with Gasteiger partial charge in [-0.25, -0.2) is 9.97 Å². The van der Waals surface area contributed by atoms with Crippen LogP contribution >= 0.6 is 0 Å². The second-order valence-electron chi connectivity index (χ2n) is 7.88. The molecule has 2 aromatic carbocycles. The number of hydrogen-bond donors (Lipinski definition) is 2. The van der Waals surface area contributed by atoms with Gasteiger partial charge in [0.2, 0.25) is 11.8 Å². The molecular formula is C24H27N5O3. The van der Waals surface area contributed by atoms with Crippen molar-refractivity contribution >= 4 is 34.4 Å². The summed E-state index contributed by atoms with van der Waals surface area (Å²) in [6.45, 7) is 4.01. The van der Waals surface area contributed by atoms with Crippen molar-refractivity contribution in [2.24, 2.45) is 11.7 Å². The number of hydrogen-bond acceptors (Lipinski definition) is 6. The number of benzene rings is 2. The molecule has 8 heteroatoms. The molecule has 0 radical (unpaired) electrons. The highest BCUT2D eigenvalue weighted by Crippen LogP contribution is 2.31. The van der Waals surface area contributed by atoms with Crippen LogP contribution in [0.1, 0.15) is 36.5 Å². The van der Waals surface area contributed by atoms with Crippen LogP contribution in [-0.4, -0.2) is 41.5 Å². The third kappa shape index (κ3) is 4.80. The number of carbonyl (C=O) groups excluding carboxylic acids is 2. The molecule has 2 heterocycles. The molecule has 4 rings (SSSR count). The van der Waals surface area contributed by atoms with Gasteiger partial charge in [0.05, 0.1) is 17.6 Å². The smallest absolute Gasteiger partial charge is 0.258 e. The number of aromatic nitrogens is 2. The number of primary amides is 1. The molecule has 0 aliphatic carbocycles. The van der Waals surface area contributed by atoms with Gasteiger partial charge in [-0.3, -0.25) is 9.59 Å². The molecule has 1 aliphatic rings. The van der Waals surface area contributed by atoms with Crippen LogP contribution in [0.5, 0.6) is 5.88 Å². The molecule has 1 fully saturated rings. The lowest BCUT2D eigenvalue weighted by molar-refractivity contribution is -0.120. The zero-order valence-corrected chi connectivity index (χ0v) is 18.1. The lowest BCUT2D eigenvalue weighted by Gasteiger charge is -2.32. The van der Waals surface area contributed by atoms with E-state index in [1.165, 1.54) is 0 Å². The van der Waals surface area contributed by atoms with E-state index in [4.69, 9.17) is 15.5 Å². The number of anilines is 2. The Balaban J connectivity index is 1.43. The summed E-state index contributed by atoms with van der Waals surface area (Å²) in [5.41, 5.74) is 7.95. The Morgan fingerprint density at radius 2 is 1.72 bits per heavy atom. The van der Waals surface area contributed by atoms with Crippen molar-refractivity contribution in [2.45, 2.75) is 26.2 Å². The Labute approximate surface area is 186 Å². The Kier molecular flexibility index (Phi) is 6.49. The number of fused-ring (bicyclic) bond motifs is 1. The third-order valence-electron chi connectivity index (χ3n) is 5.57. The summed E-state index contributed by atoms with van der Waals surface area (Å²) < 4.78 is 5.90. The Bertz CT molecular complexity index is 1110. The molecule has 3 aromatic rings. The Morgan fingerprint density at radius 3 is 2.34 bits per heavy atom. The first-order valence-electron chi connectivity index (χ1n) is 10.9. The van der Waals surface area contributed by atoms with Crippen LogP contribution in [0.3, 0.4) is 0 Å². The normalized spacial score (nSPS) is 14.3. The summed E-state index contributed by atoms with van der Waals surface area (Å²) in [6.07, 6.45) is 2.29. The van der Waals surface area contributed by atoms with Crippen LogP contribution in [0, 0.1) is 5.92 Å². The van der Waals surface area contributed by atoms with Crippen molar-refractivity contribution in [3.63, 3.8) is 0 Å². The average molecular weight is 434 g/mol. The van der Waals surface area contributed by atoms with Gasteiger partial charge in [0.15, 0.2) is 5.82 Å². The highest BCUT2D eigenvalue weighted by Gasteiger charge is 2.28. The van der Waals surface area contributed by atoms with E-state index in [0.717, 1.165) is 23.3 Å². The minimum absolute atomic E-state index is 0.0245. The van der Waals surface area contributed by atoms with Crippen LogP contribution in [0.4, 0.5) is 11.5 Å². The monoisotopic (exact) mass is 433 g/mol. The number of ether oxygens (including phenoxy) is 1. The summed E-state index contributed by atoms with van der Waals surface area (Å²) in [7, 11) is 0. The Hall–Kier alpha value is -3.68. The second-order valence-corrected chi connectivity index (χ2v) is 7.88. The van der Waals surface area contributed by atoms with E-state index in [2.05, 4.69) is 22.1 Å². The number of nitrogens with one attached hydrogen (secondary N) is 1. The van der Waals surface area contributed by atoms with E-state index >= 15 is 0 Å². The van der Waals surface area contributed by atoms with Gasteiger partial charge < -0.3 is 20.7 Å². The maximum absolute atomic E-state index is 12.7. The fourth-order valence-electron chi connectivity index (χ4n) is 3.79. The predicted molar refractivity (Wildman–Crippen MR) is 124 cm³/mol. The fraction of sp³-hybridized carbons (Fsp3) is 0.333. The maximum atomic E-state index is 12.7. The number of piperidine rings is 1. The summed E-state index contributed by atoms with van der Waals surface area (Å²) in [6, 6.07) is 14.3. The molecule has 0 unspecified atom stereocenters. The van der Waals surface area contributed by atoms with Crippen molar-refractivity contribution in [3.05, 3.63) is 54.1 Å². The number of amides is 2. The Morgan fingerprint density at radius 1 is 1.06 bits per heavy atom. The largest absolute Gasteiger partial charge is 0.475 e. The van der Waals surface area contributed by atoms with Crippen molar-refractivity contribution in [3.8, 4) is 5.88 Å². The van der Waals surface area contributed by atoms with Gasteiger partial charge in [0, 0.05) is 30.3 Å². The molecule has 0 bridgehead atoms. The van der Waals surface area contributed by atoms with Crippen LogP contribution in [-0.2, 0) is 4.79 Å². The van der Waals surface area contributed by atoms with Crippen molar-refractivity contribution in [2.75, 3.05) is 29.9 Å². The molecule has 0 spiro atoms. The summed E-state index contributed by atoms with van der Waals surface area (Å²) in [4.78, 5) is 35.6. The highest BCUT2D eigenvalue weighted by molar-refractivity contribution is 5.95. The summed E-state index contributed by atoms with van der Waals surface area (Å²) in [5.74, 6) is 0.661. The molecule has 166 valence electrons. The van der Waals surface area contributed by atoms with Gasteiger partial charge in [-0.1, -0.05) is 19.1 Å². The van der Waals surface area contributed by atoms with E-state index in [0.29, 0.717) is 49.7 Å². The van der Waals surface area contributed by atoms with Gasteiger partial charge in [-0.2, -0.15) is 0 Å². The van der Waals surface area contributed by atoms with Crippen LogP contribution in [0.15, 0.2) is 48.5 Å². The number of nitrogens with zero attached hydrogens (tertiary/aromatic N) is 3. The van der Waals surface area contributed by atoms with Crippen LogP contribution in [0.25, 0.3) is 11.0 Å². The van der Waals surface area contributed by atoms with Crippen LogP contribution < -0.4 is 20.7 Å². The molecular weight excluding hydrogens is 406 g/mol. The molecule has 2 amide bonds. The summed E-state index contributed by atoms with van der Waals surface area (Å²) in [5, 5.41) is 2.93. The van der Waals surface area contributed by atoms with Gasteiger partial charge in [-0.15, -0.1) is 0 Å². The number of carbonyl (C=O) groups is 2. The predicted octanol–water partition coefficient (Wildman–Crippen LogP) is 3.37. The topological polar surface area (TPSA) is 110 Å². The molecule has 1 aliphatic heterocycles. The fourth-order valence-corrected chi connectivity index (χ4v) is 3.79. The van der Waals surface area contributed by atoms with E-state index in [1.54, 1.807) is 24.3 Å². The lowest BCUT2D eigenvalue weighted by Crippen LogP contribution is -2.39. The number of nitrogens with two attached hydrogens (primary N) is 1. The van der Waals surface area contributed by atoms with E-state index in [1.807, 2.05) is 24.3 Å². The van der Waals surface area contributed by atoms with Crippen molar-refractivity contribution in [1.82, 2.24) is 9.97 Å². The average Bonchev–Trinajstić information content (AvgIpc) is 2.82. The van der Waals surface area contributed by atoms with Gasteiger partial charge in [-0.05, 0) is 55.7 Å². The lowest BCUT2D eigenvalue weighted by atomic mass is 9.95. The minimum atomic E-state index is -0.491. The zero-order valence-electron chi connectivity index (χ0n) is 18.1. The number of para-hydroxylation sites is 2. The molecule has 1 saturated heterocycles. The molecule has 8 nitrogen and oxygen atoms in total. The number of rotatable bonds is 7. The molecule has 32 heavy (non-hydrogen) atoms. The third-order valence-corrected chi connectivity index (χ3v) is 5.57. The van der Waals surface area contributed by atoms with E-state index in [9.17, 15) is 9.59 Å². The molecule has 0 saturated carbocycles. The second kappa shape index (κ2) is 9.64. The quantitative estimate of drug-likeness (QED) is 0.591. The van der Waals surface area contributed by atoms with Gasteiger partial charge >= 0.3 is 0 Å². The maximum Gasteiger partial charge on any atom is 0.258 e. The van der Waals surface area contributed by atoms with Gasteiger partial charge in [0.25, 0.3) is 5.88 Å². The molecule has 1 aromatic heterocycles. The van der Waals surface area contributed by atoms with Crippen LogP contribution in [0.2, 0.25) is 0 Å². The first-order valence-corrected chi connectivity index (χ1v) is 10.9. The standard InChI is InChI=1S/C24H27N5O3/c1-2-15-32-24-22(27-19-5-3-4-6-20(19)28-24)29-13-11-17(12-14-29)23(31)26-18-9-7-16(8-10-18)21(25)30/h3-10,17H,2,11-15H2,1H3,(H2,25,30)(H,26,31). The molecule has 3 N–H and O–H groups in total. The first kappa shape index (κ1) is 21.5. The van der Waals surface area contributed by atoms with Crippen molar-refractivity contribution < 1.29 is 14.3 Å². The summed E-state index contributed by atoms with van der Waals surface area (Å²) >= 11 is 0. The van der Waals surface area contributed by atoms with E-state index in [-0.39, 0.29) is 11.8 Å². The molecule has 0 atom stereocenters. The highest BCUT2D eigenvalue weighted by atomic mass is 16.5. The zero-order chi connectivity index (χ0) is 22.5. The van der Waals surface area contributed by atoms with Crippen molar-refractivity contribution in [1.29, 1.82) is 0 Å². The minimum Gasteiger partial charge on any atom is -0.475 e.